The summed E-state index contributed by atoms with van der Waals surface area (Å²) in [5, 5.41) is 2.58. The molecule has 1 aliphatic heterocycles. The number of amides is 2. The monoisotopic (exact) mass is 278 g/mol. The number of likely N-dealkylation sites (tertiary alicyclic amines) is 1. The van der Waals surface area contributed by atoms with Crippen LogP contribution >= 0.6 is 0 Å². The second kappa shape index (κ2) is 7.03. The summed E-state index contributed by atoms with van der Waals surface area (Å²) < 4.78 is 13.4. The summed E-state index contributed by atoms with van der Waals surface area (Å²) in [7, 11) is 0. The molecule has 2 rings (SSSR count). The predicted octanol–water partition coefficient (Wildman–Crippen LogP) is 1.96. The molecule has 0 aliphatic carbocycles. The lowest BCUT2D eigenvalue weighted by Gasteiger charge is -2.26. The van der Waals surface area contributed by atoms with E-state index in [1.807, 2.05) is 4.90 Å². The molecule has 0 aromatic heterocycles. The maximum absolute atomic E-state index is 13.4. The van der Waals surface area contributed by atoms with Gasteiger partial charge >= 0.3 is 0 Å². The van der Waals surface area contributed by atoms with Crippen LogP contribution in [0.4, 0.5) is 4.39 Å². The van der Waals surface area contributed by atoms with Crippen molar-refractivity contribution in [2.45, 2.75) is 25.7 Å². The maximum Gasteiger partial charge on any atom is 0.254 e. The highest BCUT2D eigenvalue weighted by atomic mass is 19.1. The molecule has 1 fully saturated rings. The van der Waals surface area contributed by atoms with Crippen LogP contribution < -0.4 is 5.32 Å². The fourth-order valence-corrected chi connectivity index (χ4v) is 2.32. The largest absolute Gasteiger partial charge is 0.351 e. The average molecular weight is 278 g/mol. The third-order valence-electron chi connectivity index (χ3n) is 3.45. The van der Waals surface area contributed by atoms with E-state index in [2.05, 4.69) is 5.32 Å². The van der Waals surface area contributed by atoms with E-state index in [0.29, 0.717) is 0 Å². The van der Waals surface area contributed by atoms with Gasteiger partial charge < -0.3 is 10.2 Å². The highest BCUT2D eigenvalue weighted by Crippen LogP contribution is 2.10. The Bertz CT molecular complexity index is 485. The minimum atomic E-state index is -0.549. The van der Waals surface area contributed by atoms with Crippen molar-refractivity contribution < 1.29 is 14.0 Å². The van der Waals surface area contributed by atoms with Crippen LogP contribution in [0, 0.1) is 5.82 Å². The van der Waals surface area contributed by atoms with Gasteiger partial charge in [0, 0.05) is 26.1 Å². The third kappa shape index (κ3) is 3.79. The molecule has 0 saturated carbocycles. The Hall–Kier alpha value is -1.91. The number of halogens is 1. The molecule has 0 bridgehead atoms. The minimum absolute atomic E-state index is 0.0120. The third-order valence-corrected chi connectivity index (χ3v) is 3.45. The molecular weight excluding hydrogens is 259 g/mol. The van der Waals surface area contributed by atoms with Gasteiger partial charge in [0.2, 0.25) is 5.91 Å². The van der Waals surface area contributed by atoms with E-state index < -0.39 is 11.7 Å². The Morgan fingerprint density at radius 1 is 1.15 bits per heavy atom. The zero-order valence-electron chi connectivity index (χ0n) is 11.4. The molecule has 1 aliphatic rings. The number of carbonyl (C=O) groups excluding carboxylic acids is 2. The predicted molar refractivity (Wildman–Crippen MR) is 73.8 cm³/mol. The zero-order chi connectivity index (χ0) is 14.4. The summed E-state index contributed by atoms with van der Waals surface area (Å²) in [6.07, 6.45) is 3.54. The summed E-state index contributed by atoms with van der Waals surface area (Å²) in [5.41, 5.74) is 0.0120. The quantitative estimate of drug-likeness (QED) is 0.915. The number of hydrogen-bond donors (Lipinski definition) is 1. The molecule has 0 atom stereocenters. The van der Waals surface area contributed by atoms with Crippen LogP contribution in [0.3, 0.4) is 0 Å². The van der Waals surface area contributed by atoms with Crippen LogP contribution in [0.2, 0.25) is 0 Å². The molecule has 1 N–H and O–H groups in total. The number of carbonyl (C=O) groups is 2. The molecule has 5 heteroatoms. The van der Waals surface area contributed by atoms with Gasteiger partial charge in [-0.3, -0.25) is 9.59 Å². The molecule has 1 aromatic carbocycles. The van der Waals surface area contributed by atoms with Crippen LogP contribution in [0.1, 0.15) is 36.0 Å². The van der Waals surface area contributed by atoms with E-state index in [0.717, 1.165) is 25.9 Å². The lowest BCUT2D eigenvalue weighted by molar-refractivity contribution is -0.131. The van der Waals surface area contributed by atoms with E-state index in [1.165, 1.54) is 24.6 Å². The summed E-state index contributed by atoms with van der Waals surface area (Å²) in [6.45, 7) is 1.85. The van der Waals surface area contributed by atoms with Crippen molar-refractivity contribution in [3.05, 3.63) is 35.6 Å². The van der Waals surface area contributed by atoms with E-state index in [4.69, 9.17) is 0 Å². The Kier molecular flexibility index (Phi) is 5.09. The first kappa shape index (κ1) is 14.5. The highest BCUT2D eigenvalue weighted by Gasteiger charge is 2.16. The van der Waals surface area contributed by atoms with Crippen LogP contribution in [-0.2, 0) is 4.79 Å². The van der Waals surface area contributed by atoms with Crippen molar-refractivity contribution >= 4 is 11.8 Å². The van der Waals surface area contributed by atoms with Gasteiger partial charge in [-0.25, -0.2) is 4.39 Å². The van der Waals surface area contributed by atoms with E-state index in [9.17, 15) is 14.0 Å². The number of nitrogens with one attached hydrogen (secondary N) is 1. The second-order valence-corrected chi connectivity index (χ2v) is 4.93. The summed E-state index contributed by atoms with van der Waals surface area (Å²) in [5.74, 6) is -0.972. The Labute approximate surface area is 118 Å². The number of piperidine rings is 1. The Morgan fingerprint density at radius 2 is 1.85 bits per heavy atom. The first-order valence-corrected chi connectivity index (χ1v) is 6.99. The Balaban J connectivity index is 1.76. The maximum atomic E-state index is 13.4. The molecule has 1 saturated heterocycles. The van der Waals surface area contributed by atoms with Gasteiger partial charge in [0.25, 0.3) is 5.91 Å². The van der Waals surface area contributed by atoms with Crippen LogP contribution in [0.25, 0.3) is 0 Å². The van der Waals surface area contributed by atoms with Gasteiger partial charge in [0.05, 0.1) is 5.56 Å². The highest BCUT2D eigenvalue weighted by molar-refractivity contribution is 5.94. The molecular formula is C15H19FN2O2. The number of benzene rings is 1. The SMILES string of the molecule is O=C(NCCC(=O)N1CCCCC1)c1ccccc1F. The van der Waals surface area contributed by atoms with Crippen molar-refractivity contribution in [1.29, 1.82) is 0 Å². The van der Waals surface area contributed by atoms with Gasteiger partial charge in [-0.1, -0.05) is 12.1 Å². The fraction of sp³-hybridized carbons (Fsp3) is 0.467. The molecule has 0 radical (unpaired) electrons. The van der Waals surface area contributed by atoms with Crippen molar-refractivity contribution in [3.63, 3.8) is 0 Å². The molecule has 1 heterocycles. The van der Waals surface area contributed by atoms with Crippen molar-refractivity contribution in [1.82, 2.24) is 10.2 Å². The number of hydrogen-bond acceptors (Lipinski definition) is 2. The molecule has 0 spiro atoms. The van der Waals surface area contributed by atoms with Gasteiger partial charge in [-0.2, -0.15) is 0 Å². The van der Waals surface area contributed by atoms with Crippen molar-refractivity contribution in [2.24, 2.45) is 0 Å². The second-order valence-electron chi connectivity index (χ2n) is 4.93. The lowest BCUT2D eigenvalue weighted by atomic mass is 10.1. The van der Waals surface area contributed by atoms with Crippen LogP contribution in [0.15, 0.2) is 24.3 Å². The van der Waals surface area contributed by atoms with Crippen molar-refractivity contribution in [3.8, 4) is 0 Å². The average Bonchev–Trinajstić information content (AvgIpc) is 2.48. The van der Waals surface area contributed by atoms with Crippen molar-refractivity contribution in [2.75, 3.05) is 19.6 Å². The standard InChI is InChI=1S/C15H19FN2O2/c16-13-7-3-2-6-12(13)15(20)17-9-8-14(19)18-10-4-1-5-11-18/h2-3,6-7H,1,4-5,8-11H2,(H,17,20). The number of nitrogens with zero attached hydrogens (tertiary/aromatic N) is 1. The molecule has 1 aromatic rings. The van der Waals surface area contributed by atoms with Crippen LogP contribution in [0.5, 0.6) is 0 Å². The fourth-order valence-electron chi connectivity index (χ4n) is 2.32. The zero-order valence-corrected chi connectivity index (χ0v) is 11.4. The van der Waals surface area contributed by atoms with E-state index >= 15 is 0 Å². The molecule has 20 heavy (non-hydrogen) atoms. The molecule has 4 nitrogen and oxygen atoms in total. The van der Waals surface area contributed by atoms with E-state index in [-0.39, 0.29) is 24.4 Å². The molecule has 108 valence electrons. The molecule has 2 amide bonds. The molecule has 0 unspecified atom stereocenters. The normalized spacial score (nSPS) is 14.9. The van der Waals surface area contributed by atoms with Gasteiger partial charge in [-0.05, 0) is 31.4 Å². The minimum Gasteiger partial charge on any atom is -0.351 e. The van der Waals surface area contributed by atoms with Gasteiger partial charge in [-0.15, -0.1) is 0 Å². The lowest BCUT2D eigenvalue weighted by Crippen LogP contribution is -2.37. The summed E-state index contributed by atoms with van der Waals surface area (Å²) in [4.78, 5) is 25.5. The smallest absolute Gasteiger partial charge is 0.254 e. The summed E-state index contributed by atoms with van der Waals surface area (Å²) in [6, 6.07) is 5.81. The van der Waals surface area contributed by atoms with Crippen LogP contribution in [-0.4, -0.2) is 36.3 Å². The summed E-state index contributed by atoms with van der Waals surface area (Å²) >= 11 is 0. The first-order chi connectivity index (χ1) is 9.68. The first-order valence-electron chi connectivity index (χ1n) is 6.99. The van der Waals surface area contributed by atoms with E-state index in [1.54, 1.807) is 6.07 Å². The Morgan fingerprint density at radius 3 is 2.55 bits per heavy atom. The topological polar surface area (TPSA) is 49.4 Å². The van der Waals surface area contributed by atoms with Gasteiger partial charge in [0.1, 0.15) is 5.82 Å². The van der Waals surface area contributed by atoms with Gasteiger partial charge in [0.15, 0.2) is 0 Å². The number of rotatable bonds is 4.